The number of piperidine rings is 1. The largest absolute Gasteiger partial charge is 0.494 e. The molecule has 0 aliphatic carbocycles. The maximum atomic E-state index is 13.2. The van der Waals surface area contributed by atoms with Crippen LogP contribution in [-0.2, 0) is 0 Å². The SMILES string of the molecule is COc1cc(F)ccc1NC(=O)c1cn(C2CCNCC2)nn1.Cl. The van der Waals surface area contributed by atoms with Gasteiger partial charge in [0.1, 0.15) is 11.6 Å². The molecule has 1 fully saturated rings. The van der Waals surface area contributed by atoms with Crippen LogP contribution in [0, 0.1) is 5.82 Å². The normalized spacial score (nSPS) is 14.8. The van der Waals surface area contributed by atoms with Crippen LogP contribution in [0.4, 0.5) is 10.1 Å². The number of nitrogens with zero attached hydrogens (tertiary/aromatic N) is 3. The number of ether oxygens (including phenoxy) is 1. The first kappa shape index (κ1) is 18.2. The summed E-state index contributed by atoms with van der Waals surface area (Å²) in [4.78, 5) is 12.3. The third kappa shape index (κ3) is 4.01. The number of carbonyl (C=O) groups excluding carboxylic acids is 1. The lowest BCUT2D eigenvalue weighted by atomic mass is 10.1. The van der Waals surface area contributed by atoms with E-state index in [2.05, 4.69) is 20.9 Å². The van der Waals surface area contributed by atoms with Crippen molar-refractivity contribution in [2.24, 2.45) is 0 Å². The second-order valence-corrected chi connectivity index (χ2v) is 5.36. The first-order valence-electron chi connectivity index (χ1n) is 7.45. The molecular weight excluding hydrogens is 337 g/mol. The Bertz CT molecular complexity index is 703. The highest BCUT2D eigenvalue weighted by Crippen LogP contribution is 2.25. The van der Waals surface area contributed by atoms with Crippen molar-refractivity contribution in [3.63, 3.8) is 0 Å². The fraction of sp³-hybridized carbons (Fsp3) is 0.400. The second kappa shape index (κ2) is 8.07. The van der Waals surface area contributed by atoms with E-state index in [9.17, 15) is 9.18 Å². The molecular formula is C15H19ClFN5O2. The molecule has 7 nitrogen and oxygen atoms in total. The van der Waals surface area contributed by atoms with E-state index in [0.717, 1.165) is 25.9 Å². The highest BCUT2D eigenvalue weighted by Gasteiger charge is 2.19. The summed E-state index contributed by atoms with van der Waals surface area (Å²) in [7, 11) is 1.41. The summed E-state index contributed by atoms with van der Waals surface area (Å²) in [5.41, 5.74) is 0.602. The van der Waals surface area contributed by atoms with Gasteiger partial charge in [-0.15, -0.1) is 17.5 Å². The smallest absolute Gasteiger partial charge is 0.277 e. The number of aromatic nitrogens is 3. The molecule has 0 spiro atoms. The van der Waals surface area contributed by atoms with Gasteiger partial charge in [0.05, 0.1) is 25.0 Å². The Balaban J connectivity index is 0.00000208. The van der Waals surface area contributed by atoms with Crippen molar-refractivity contribution in [1.82, 2.24) is 20.3 Å². The van der Waals surface area contributed by atoms with Gasteiger partial charge >= 0.3 is 0 Å². The predicted molar refractivity (Wildman–Crippen MR) is 89.3 cm³/mol. The quantitative estimate of drug-likeness (QED) is 0.877. The van der Waals surface area contributed by atoms with Crippen LogP contribution in [0.2, 0.25) is 0 Å². The lowest BCUT2D eigenvalue weighted by molar-refractivity contribution is 0.102. The standard InChI is InChI=1S/C15H18FN5O2.ClH/c1-23-14-8-10(16)2-3-12(14)18-15(22)13-9-21(20-19-13)11-4-6-17-7-5-11;/h2-3,8-9,11,17H,4-7H2,1H3,(H,18,22);1H. The third-order valence-electron chi connectivity index (χ3n) is 3.84. The van der Waals surface area contributed by atoms with E-state index >= 15 is 0 Å². The summed E-state index contributed by atoms with van der Waals surface area (Å²) < 4.78 is 20.0. The van der Waals surface area contributed by atoms with Crippen LogP contribution in [0.3, 0.4) is 0 Å². The van der Waals surface area contributed by atoms with E-state index in [1.807, 2.05) is 0 Å². The Morgan fingerprint density at radius 2 is 2.17 bits per heavy atom. The highest BCUT2D eigenvalue weighted by molar-refractivity contribution is 6.03. The Hall–Kier alpha value is -2.19. The number of halogens is 2. The number of anilines is 1. The Morgan fingerprint density at radius 1 is 1.42 bits per heavy atom. The fourth-order valence-electron chi connectivity index (χ4n) is 2.59. The summed E-state index contributed by atoms with van der Waals surface area (Å²) in [6, 6.07) is 4.17. The maximum absolute atomic E-state index is 13.2. The van der Waals surface area contributed by atoms with Crippen molar-refractivity contribution >= 4 is 24.0 Å². The predicted octanol–water partition coefficient (Wildman–Crippen LogP) is 2.02. The van der Waals surface area contributed by atoms with Crippen molar-refractivity contribution in [1.29, 1.82) is 0 Å². The molecule has 24 heavy (non-hydrogen) atoms. The minimum Gasteiger partial charge on any atom is -0.494 e. The van der Waals surface area contributed by atoms with Crippen LogP contribution in [0.5, 0.6) is 5.75 Å². The van der Waals surface area contributed by atoms with Crippen molar-refractivity contribution in [2.75, 3.05) is 25.5 Å². The molecule has 1 aromatic heterocycles. The number of hydrogen-bond donors (Lipinski definition) is 2. The van der Waals surface area contributed by atoms with E-state index in [4.69, 9.17) is 4.74 Å². The molecule has 0 radical (unpaired) electrons. The van der Waals surface area contributed by atoms with Gasteiger partial charge in [0, 0.05) is 6.07 Å². The summed E-state index contributed by atoms with van der Waals surface area (Å²) in [5, 5.41) is 13.9. The number of hydrogen-bond acceptors (Lipinski definition) is 5. The lowest BCUT2D eigenvalue weighted by Gasteiger charge is -2.22. The number of nitrogens with one attached hydrogen (secondary N) is 2. The van der Waals surface area contributed by atoms with E-state index < -0.39 is 11.7 Å². The molecule has 3 rings (SSSR count). The molecule has 0 saturated carbocycles. The molecule has 1 aromatic carbocycles. The summed E-state index contributed by atoms with van der Waals surface area (Å²) in [6.07, 6.45) is 3.55. The highest BCUT2D eigenvalue weighted by atomic mass is 35.5. The zero-order valence-electron chi connectivity index (χ0n) is 13.2. The summed E-state index contributed by atoms with van der Waals surface area (Å²) >= 11 is 0. The molecule has 1 aliphatic heterocycles. The number of carbonyl (C=O) groups is 1. The minimum absolute atomic E-state index is 0. The Kier molecular flexibility index (Phi) is 6.10. The van der Waals surface area contributed by atoms with Gasteiger partial charge in [0.15, 0.2) is 5.69 Å². The molecule has 2 aromatic rings. The monoisotopic (exact) mass is 355 g/mol. The second-order valence-electron chi connectivity index (χ2n) is 5.36. The van der Waals surface area contributed by atoms with Gasteiger partial charge in [-0.3, -0.25) is 4.79 Å². The third-order valence-corrected chi connectivity index (χ3v) is 3.84. The van der Waals surface area contributed by atoms with Gasteiger partial charge in [0.2, 0.25) is 0 Å². The number of methoxy groups -OCH3 is 1. The molecule has 1 saturated heterocycles. The van der Waals surface area contributed by atoms with Gasteiger partial charge in [-0.05, 0) is 38.1 Å². The molecule has 1 amide bonds. The number of rotatable bonds is 4. The lowest BCUT2D eigenvalue weighted by Crippen LogP contribution is -2.29. The van der Waals surface area contributed by atoms with Crippen molar-refractivity contribution in [3.05, 3.63) is 35.9 Å². The summed E-state index contributed by atoms with van der Waals surface area (Å²) in [6.45, 7) is 1.86. The van der Waals surface area contributed by atoms with Crippen molar-refractivity contribution in [2.45, 2.75) is 18.9 Å². The maximum Gasteiger partial charge on any atom is 0.277 e. The zero-order valence-corrected chi connectivity index (χ0v) is 14.0. The molecule has 9 heteroatoms. The van der Waals surface area contributed by atoms with Crippen LogP contribution in [-0.4, -0.2) is 41.1 Å². The van der Waals surface area contributed by atoms with E-state index in [-0.39, 0.29) is 29.9 Å². The Labute approximate surface area is 145 Å². The van der Waals surface area contributed by atoms with Crippen LogP contribution in [0.25, 0.3) is 0 Å². The molecule has 0 unspecified atom stereocenters. The fourth-order valence-corrected chi connectivity index (χ4v) is 2.59. The van der Waals surface area contributed by atoms with Gasteiger partial charge in [-0.1, -0.05) is 5.21 Å². The zero-order chi connectivity index (χ0) is 16.2. The van der Waals surface area contributed by atoms with Crippen LogP contribution in [0.1, 0.15) is 29.4 Å². The van der Waals surface area contributed by atoms with E-state index in [1.165, 1.54) is 25.3 Å². The van der Waals surface area contributed by atoms with Gasteiger partial charge in [-0.2, -0.15) is 0 Å². The van der Waals surface area contributed by atoms with Crippen molar-refractivity contribution in [3.8, 4) is 5.75 Å². The topological polar surface area (TPSA) is 81.1 Å². The minimum atomic E-state index is -0.434. The molecule has 0 bridgehead atoms. The Morgan fingerprint density at radius 3 is 2.88 bits per heavy atom. The summed E-state index contributed by atoms with van der Waals surface area (Å²) in [5.74, 6) is -0.587. The number of amides is 1. The van der Waals surface area contributed by atoms with E-state index in [0.29, 0.717) is 5.69 Å². The molecule has 0 atom stereocenters. The molecule has 130 valence electrons. The average molecular weight is 356 g/mol. The molecule has 2 N–H and O–H groups in total. The van der Waals surface area contributed by atoms with E-state index in [1.54, 1.807) is 10.9 Å². The molecule has 2 heterocycles. The van der Waals surface area contributed by atoms with Crippen molar-refractivity contribution < 1.29 is 13.9 Å². The van der Waals surface area contributed by atoms with Gasteiger partial charge in [-0.25, -0.2) is 9.07 Å². The van der Waals surface area contributed by atoms with Crippen LogP contribution >= 0.6 is 12.4 Å². The first-order valence-corrected chi connectivity index (χ1v) is 7.45. The van der Waals surface area contributed by atoms with Crippen LogP contribution in [0.15, 0.2) is 24.4 Å². The van der Waals surface area contributed by atoms with Gasteiger partial charge < -0.3 is 15.4 Å². The van der Waals surface area contributed by atoms with Gasteiger partial charge in [0.25, 0.3) is 5.91 Å². The first-order chi connectivity index (χ1) is 11.2. The van der Waals surface area contributed by atoms with Crippen LogP contribution < -0.4 is 15.4 Å². The molecule has 1 aliphatic rings. The number of benzene rings is 1. The average Bonchev–Trinajstić information content (AvgIpc) is 3.07.